The average Bonchev–Trinajstić information content (AvgIpc) is 2.80. The molecule has 2 aromatic carbocycles. The van der Waals surface area contributed by atoms with Gasteiger partial charge in [-0.1, -0.05) is 30.3 Å². The van der Waals surface area contributed by atoms with Crippen LogP contribution >= 0.6 is 0 Å². The molecule has 0 unspecified atom stereocenters. The SMILES string of the molecule is CCN(Cc1ccccc1)c1ccc2c(c1)NC(=O)C2=O. The van der Waals surface area contributed by atoms with Crippen LogP contribution in [-0.4, -0.2) is 18.2 Å². The van der Waals surface area contributed by atoms with Crippen LogP contribution in [0, 0.1) is 0 Å². The van der Waals surface area contributed by atoms with Crippen molar-refractivity contribution in [1.29, 1.82) is 0 Å². The van der Waals surface area contributed by atoms with Crippen LogP contribution in [-0.2, 0) is 11.3 Å². The van der Waals surface area contributed by atoms with Crippen LogP contribution in [0.5, 0.6) is 0 Å². The Labute approximate surface area is 123 Å². The third kappa shape index (κ3) is 2.52. The molecular formula is C17H16N2O2. The van der Waals surface area contributed by atoms with E-state index in [-0.39, 0.29) is 0 Å². The topological polar surface area (TPSA) is 49.4 Å². The molecule has 21 heavy (non-hydrogen) atoms. The average molecular weight is 280 g/mol. The first-order valence-corrected chi connectivity index (χ1v) is 6.97. The van der Waals surface area contributed by atoms with Gasteiger partial charge in [0.25, 0.3) is 11.7 Å². The summed E-state index contributed by atoms with van der Waals surface area (Å²) in [6.45, 7) is 3.72. The lowest BCUT2D eigenvalue weighted by atomic mass is 10.1. The van der Waals surface area contributed by atoms with Crippen LogP contribution in [0.15, 0.2) is 48.5 Å². The summed E-state index contributed by atoms with van der Waals surface area (Å²) in [5, 5.41) is 2.62. The van der Waals surface area contributed by atoms with Crippen molar-refractivity contribution in [2.45, 2.75) is 13.5 Å². The number of benzene rings is 2. The van der Waals surface area contributed by atoms with E-state index in [1.165, 1.54) is 5.56 Å². The highest BCUT2D eigenvalue weighted by Crippen LogP contribution is 2.29. The van der Waals surface area contributed by atoms with Gasteiger partial charge in [0.15, 0.2) is 0 Å². The first-order chi connectivity index (χ1) is 10.2. The fourth-order valence-corrected chi connectivity index (χ4v) is 2.52. The Kier molecular flexibility index (Phi) is 3.44. The Morgan fingerprint density at radius 1 is 1.05 bits per heavy atom. The van der Waals surface area contributed by atoms with Gasteiger partial charge < -0.3 is 10.2 Å². The van der Waals surface area contributed by atoms with E-state index < -0.39 is 11.7 Å². The van der Waals surface area contributed by atoms with E-state index in [0.29, 0.717) is 11.3 Å². The normalized spacial score (nSPS) is 13.0. The van der Waals surface area contributed by atoms with E-state index in [1.54, 1.807) is 6.07 Å². The fourth-order valence-electron chi connectivity index (χ4n) is 2.52. The number of anilines is 2. The Bertz CT molecular complexity index is 695. The first kappa shape index (κ1) is 13.4. The molecule has 106 valence electrons. The molecule has 2 aromatic rings. The number of nitrogens with one attached hydrogen (secondary N) is 1. The highest BCUT2D eigenvalue weighted by Gasteiger charge is 2.28. The van der Waals surface area contributed by atoms with E-state index in [1.807, 2.05) is 30.3 Å². The van der Waals surface area contributed by atoms with Gasteiger partial charge in [-0.15, -0.1) is 0 Å². The molecule has 1 aliphatic rings. The Balaban J connectivity index is 1.87. The largest absolute Gasteiger partial charge is 0.367 e. The quantitative estimate of drug-likeness (QED) is 0.876. The lowest BCUT2D eigenvalue weighted by Gasteiger charge is -2.23. The summed E-state index contributed by atoms with van der Waals surface area (Å²) >= 11 is 0. The molecule has 0 saturated heterocycles. The van der Waals surface area contributed by atoms with E-state index >= 15 is 0 Å². The van der Waals surface area contributed by atoms with E-state index in [0.717, 1.165) is 18.8 Å². The molecule has 0 saturated carbocycles. The maximum atomic E-state index is 11.6. The number of carbonyl (C=O) groups is 2. The smallest absolute Gasteiger partial charge is 0.296 e. The number of carbonyl (C=O) groups excluding carboxylic acids is 2. The molecule has 0 atom stereocenters. The molecular weight excluding hydrogens is 264 g/mol. The van der Waals surface area contributed by atoms with E-state index in [4.69, 9.17) is 0 Å². The Hall–Kier alpha value is -2.62. The van der Waals surface area contributed by atoms with Gasteiger partial charge in [0.05, 0.1) is 11.3 Å². The van der Waals surface area contributed by atoms with Gasteiger partial charge in [-0.05, 0) is 30.7 Å². The number of fused-ring (bicyclic) bond motifs is 1. The second-order valence-electron chi connectivity index (χ2n) is 5.01. The summed E-state index contributed by atoms with van der Waals surface area (Å²) in [5.41, 5.74) is 3.28. The molecule has 0 fully saturated rings. The Morgan fingerprint density at radius 3 is 2.52 bits per heavy atom. The number of Topliss-reactive ketones (excluding diaryl/α,β-unsaturated/α-hetero) is 1. The zero-order valence-electron chi connectivity index (χ0n) is 11.8. The van der Waals surface area contributed by atoms with Crippen molar-refractivity contribution in [1.82, 2.24) is 0 Å². The molecule has 4 nitrogen and oxygen atoms in total. The van der Waals surface area contributed by atoms with Crippen molar-refractivity contribution in [3.63, 3.8) is 0 Å². The van der Waals surface area contributed by atoms with Gasteiger partial charge in [-0.25, -0.2) is 0 Å². The summed E-state index contributed by atoms with van der Waals surface area (Å²) in [4.78, 5) is 25.2. The van der Waals surface area contributed by atoms with Gasteiger partial charge in [-0.3, -0.25) is 9.59 Å². The zero-order valence-corrected chi connectivity index (χ0v) is 11.8. The van der Waals surface area contributed by atoms with Crippen LogP contribution < -0.4 is 10.2 Å². The lowest BCUT2D eigenvalue weighted by Crippen LogP contribution is -2.21. The number of ketones is 1. The zero-order chi connectivity index (χ0) is 14.8. The third-order valence-corrected chi connectivity index (χ3v) is 3.67. The summed E-state index contributed by atoms with van der Waals surface area (Å²) in [6.07, 6.45) is 0. The molecule has 1 heterocycles. The second kappa shape index (κ2) is 5.40. The molecule has 0 radical (unpaired) electrons. The molecule has 0 spiro atoms. The monoisotopic (exact) mass is 280 g/mol. The maximum Gasteiger partial charge on any atom is 0.296 e. The van der Waals surface area contributed by atoms with Crippen LogP contribution in [0.4, 0.5) is 11.4 Å². The van der Waals surface area contributed by atoms with Gasteiger partial charge in [0.2, 0.25) is 0 Å². The predicted molar refractivity (Wildman–Crippen MR) is 82.6 cm³/mol. The van der Waals surface area contributed by atoms with E-state index in [9.17, 15) is 9.59 Å². The van der Waals surface area contributed by atoms with Crippen molar-refractivity contribution in [3.05, 3.63) is 59.7 Å². The van der Waals surface area contributed by atoms with Crippen LogP contribution in [0.3, 0.4) is 0 Å². The number of amides is 1. The summed E-state index contributed by atoms with van der Waals surface area (Å²) in [5.74, 6) is -1.00. The Morgan fingerprint density at radius 2 is 1.81 bits per heavy atom. The highest BCUT2D eigenvalue weighted by atomic mass is 16.2. The summed E-state index contributed by atoms with van der Waals surface area (Å²) in [7, 11) is 0. The summed E-state index contributed by atoms with van der Waals surface area (Å²) < 4.78 is 0. The standard InChI is InChI=1S/C17H16N2O2/c1-2-19(11-12-6-4-3-5-7-12)13-8-9-14-15(10-13)18-17(21)16(14)20/h3-10H,2,11H2,1H3,(H,18,20,21). The van der Waals surface area contributed by atoms with Crippen LogP contribution in [0.25, 0.3) is 0 Å². The van der Waals surface area contributed by atoms with Crippen molar-refractivity contribution in [2.75, 3.05) is 16.8 Å². The minimum atomic E-state index is -0.548. The molecule has 0 aliphatic carbocycles. The van der Waals surface area contributed by atoms with Crippen molar-refractivity contribution in [3.8, 4) is 0 Å². The minimum Gasteiger partial charge on any atom is -0.367 e. The van der Waals surface area contributed by atoms with Crippen LogP contribution in [0.1, 0.15) is 22.8 Å². The molecule has 1 aliphatic heterocycles. The third-order valence-electron chi connectivity index (χ3n) is 3.67. The van der Waals surface area contributed by atoms with Gasteiger partial charge >= 0.3 is 0 Å². The maximum absolute atomic E-state index is 11.6. The number of hydrogen-bond donors (Lipinski definition) is 1. The first-order valence-electron chi connectivity index (χ1n) is 6.97. The number of rotatable bonds is 4. The molecule has 0 bridgehead atoms. The van der Waals surface area contributed by atoms with Gasteiger partial charge in [-0.2, -0.15) is 0 Å². The molecule has 0 aromatic heterocycles. The predicted octanol–water partition coefficient (Wildman–Crippen LogP) is 2.85. The molecule has 3 rings (SSSR count). The molecule has 1 N–H and O–H groups in total. The van der Waals surface area contributed by atoms with Crippen molar-refractivity contribution >= 4 is 23.1 Å². The van der Waals surface area contributed by atoms with Gasteiger partial charge in [0.1, 0.15) is 0 Å². The number of nitrogens with zero attached hydrogens (tertiary/aromatic N) is 1. The summed E-state index contributed by atoms with van der Waals surface area (Å²) in [6, 6.07) is 15.7. The van der Waals surface area contributed by atoms with Crippen molar-refractivity contribution < 1.29 is 9.59 Å². The van der Waals surface area contributed by atoms with Crippen LogP contribution in [0.2, 0.25) is 0 Å². The highest BCUT2D eigenvalue weighted by molar-refractivity contribution is 6.51. The molecule has 1 amide bonds. The fraction of sp³-hybridized carbons (Fsp3) is 0.176. The van der Waals surface area contributed by atoms with Gasteiger partial charge in [0, 0.05) is 18.8 Å². The van der Waals surface area contributed by atoms with E-state index in [2.05, 4.69) is 29.3 Å². The van der Waals surface area contributed by atoms with Crippen molar-refractivity contribution in [2.24, 2.45) is 0 Å². The minimum absolute atomic E-state index is 0.456. The second-order valence-corrected chi connectivity index (χ2v) is 5.01. The molecule has 4 heteroatoms. The number of hydrogen-bond acceptors (Lipinski definition) is 3. The lowest BCUT2D eigenvalue weighted by molar-refractivity contribution is -0.112.